The van der Waals surface area contributed by atoms with Crippen LogP contribution in [0.1, 0.15) is 23.8 Å². The van der Waals surface area contributed by atoms with Gasteiger partial charge >= 0.3 is 5.97 Å². The van der Waals surface area contributed by atoms with Gasteiger partial charge in [-0.05, 0) is 12.8 Å². The second kappa shape index (κ2) is 5.39. The molecule has 6 nitrogen and oxygen atoms in total. The number of aromatic amines is 1. The molecular weight excluding hydrogens is 258 g/mol. The first-order valence-corrected chi connectivity index (χ1v) is 6.27. The first-order valence-electron chi connectivity index (χ1n) is 5.74. The number of amides is 1. The number of alkyl halides is 1. The van der Waals surface area contributed by atoms with Crippen LogP contribution in [0.4, 0.5) is 5.69 Å². The van der Waals surface area contributed by atoms with E-state index in [4.69, 9.17) is 16.3 Å². The predicted octanol–water partition coefficient (Wildman–Crippen LogP) is 1.18. The Hall–Kier alpha value is -1.56. The van der Waals surface area contributed by atoms with E-state index in [9.17, 15) is 9.59 Å². The van der Waals surface area contributed by atoms with E-state index in [2.05, 4.69) is 10.2 Å². The number of hydrogen-bond acceptors (Lipinski definition) is 4. The average molecular weight is 272 g/mol. The van der Waals surface area contributed by atoms with Gasteiger partial charge in [-0.2, -0.15) is 5.10 Å². The van der Waals surface area contributed by atoms with E-state index in [0.717, 1.165) is 0 Å². The molecule has 0 aliphatic carbocycles. The van der Waals surface area contributed by atoms with Gasteiger partial charge in [-0.25, -0.2) is 4.79 Å². The summed E-state index contributed by atoms with van der Waals surface area (Å²) in [5.74, 6) is -0.0155. The Morgan fingerprint density at radius 3 is 3.11 bits per heavy atom. The molecule has 0 saturated carbocycles. The van der Waals surface area contributed by atoms with E-state index in [1.807, 2.05) is 0 Å². The number of carbonyl (C=O) groups excluding carboxylic acids is 2. The number of aromatic nitrogens is 2. The quantitative estimate of drug-likeness (QED) is 0.659. The third-order valence-electron chi connectivity index (χ3n) is 2.81. The standard InChI is InChI=1S/C11H14ClN3O3/c1-2-18-11(17)10-8(5-13-14-10)15-6-7(4-12)3-9(15)16/h5,7H,2-4,6H2,1H3,(H,13,14). The zero-order valence-corrected chi connectivity index (χ0v) is 10.7. The van der Waals surface area contributed by atoms with Crippen LogP contribution < -0.4 is 4.90 Å². The number of esters is 1. The molecule has 1 aliphatic rings. The zero-order chi connectivity index (χ0) is 13.1. The first kappa shape index (κ1) is 12.9. The number of hydrogen-bond donors (Lipinski definition) is 1. The Morgan fingerprint density at radius 2 is 2.50 bits per heavy atom. The fourth-order valence-electron chi connectivity index (χ4n) is 1.96. The maximum Gasteiger partial charge on any atom is 0.358 e. The van der Waals surface area contributed by atoms with Crippen molar-refractivity contribution in [2.45, 2.75) is 13.3 Å². The SMILES string of the molecule is CCOC(=O)c1[nH]ncc1N1CC(CCl)CC1=O. The third-order valence-corrected chi connectivity index (χ3v) is 3.25. The van der Waals surface area contributed by atoms with Crippen molar-refractivity contribution in [1.82, 2.24) is 10.2 Å². The molecule has 1 fully saturated rings. The molecule has 1 amide bonds. The van der Waals surface area contributed by atoms with E-state index in [1.165, 1.54) is 11.1 Å². The minimum Gasteiger partial charge on any atom is -0.461 e. The Labute approximate surface area is 109 Å². The van der Waals surface area contributed by atoms with Crippen LogP contribution in [0.25, 0.3) is 0 Å². The van der Waals surface area contributed by atoms with E-state index in [-0.39, 0.29) is 24.1 Å². The highest BCUT2D eigenvalue weighted by molar-refractivity contribution is 6.18. The summed E-state index contributed by atoms with van der Waals surface area (Å²) in [5.41, 5.74) is 0.673. The topological polar surface area (TPSA) is 75.3 Å². The smallest absolute Gasteiger partial charge is 0.358 e. The summed E-state index contributed by atoms with van der Waals surface area (Å²) in [6, 6.07) is 0. The number of anilines is 1. The van der Waals surface area contributed by atoms with Crippen molar-refractivity contribution in [2.75, 3.05) is 23.9 Å². The van der Waals surface area contributed by atoms with Crippen LogP contribution in [0.2, 0.25) is 0 Å². The molecule has 1 N–H and O–H groups in total. The van der Waals surface area contributed by atoms with Gasteiger partial charge in [0.15, 0.2) is 5.69 Å². The predicted molar refractivity (Wildman–Crippen MR) is 65.7 cm³/mol. The number of halogens is 1. The first-order chi connectivity index (χ1) is 8.67. The fourth-order valence-corrected chi connectivity index (χ4v) is 2.16. The largest absolute Gasteiger partial charge is 0.461 e. The number of H-pyrrole nitrogens is 1. The van der Waals surface area contributed by atoms with Crippen LogP contribution in [-0.2, 0) is 9.53 Å². The normalized spacial score (nSPS) is 19.3. The van der Waals surface area contributed by atoms with Crippen LogP contribution in [0.3, 0.4) is 0 Å². The van der Waals surface area contributed by atoms with Crippen LogP contribution >= 0.6 is 11.6 Å². The summed E-state index contributed by atoms with van der Waals surface area (Å²) in [6.45, 7) is 2.50. The van der Waals surface area contributed by atoms with Gasteiger partial charge in [0.1, 0.15) is 0 Å². The minimum atomic E-state index is -0.507. The van der Waals surface area contributed by atoms with Crippen molar-refractivity contribution in [3.63, 3.8) is 0 Å². The molecule has 1 atom stereocenters. The molecule has 0 radical (unpaired) electrons. The molecule has 1 unspecified atom stereocenters. The zero-order valence-electron chi connectivity index (χ0n) is 9.98. The van der Waals surface area contributed by atoms with Crippen LogP contribution in [-0.4, -0.2) is 41.1 Å². The lowest BCUT2D eigenvalue weighted by Gasteiger charge is -2.15. The van der Waals surface area contributed by atoms with Gasteiger partial charge in [0, 0.05) is 18.8 Å². The van der Waals surface area contributed by atoms with Crippen LogP contribution in [0.15, 0.2) is 6.20 Å². The van der Waals surface area contributed by atoms with E-state index >= 15 is 0 Å². The summed E-state index contributed by atoms with van der Waals surface area (Å²) in [6.07, 6.45) is 1.86. The Kier molecular flexibility index (Phi) is 3.86. The van der Waals surface area contributed by atoms with Gasteiger partial charge < -0.3 is 9.64 Å². The lowest BCUT2D eigenvalue weighted by atomic mass is 10.1. The summed E-state index contributed by atoms with van der Waals surface area (Å²) in [4.78, 5) is 25.1. The second-order valence-electron chi connectivity index (χ2n) is 4.08. The van der Waals surface area contributed by atoms with Crippen molar-refractivity contribution in [2.24, 2.45) is 5.92 Å². The Morgan fingerprint density at radius 1 is 1.72 bits per heavy atom. The minimum absolute atomic E-state index is 0.0485. The van der Waals surface area contributed by atoms with Gasteiger partial charge in [-0.3, -0.25) is 9.89 Å². The number of ether oxygens (including phenoxy) is 1. The highest BCUT2D eigenvalue weighted by atomic mass is 35.5. The number of rotatable bonds is 4. The molecule has 18 heavy (non-hydrogen) atoms. The molecule has 2 heterocycles. The van der Waals surface area contributed by atoms with Crippen molar-refractivity contribution >= 4 is 29.2 Å². The third kappa shape index (κ3) is 2.33. The molecule has 0 aromatic carbocycles. The Bertz CT molecular complexity index is 460. The Balaban J connectivity index is 2.21. The van der Waals surface area contributed by atoms with Crippen molar-refractivity contribution < 1.29 is 14.3 Å². The van der Waals surface area contributed by atoms with Gasteiger partial charge in [0.2, 0.25) is 5.91 Å². The molecule has 7 heteroatoms. The lowest BCUT2D eigenvalue weighted by Crippen LogP contribution is -2.26. The molecule has 1 aromatic rings. The van der Waals surface area contributed by atoms with Gasteiger partial charge in [-0.15, -0.1) is 11.6 Å². The highest BCUT2D eigenvalue weighted by Gasteiger charge is 2.33. The summed E-state index contributed by atoms with van der Waals surface area (Å²) >= 11 is 5.76. The summed E-state index contributed by atoms with van der Waals surface area (Å²) in [7, 11) is 0. The second-order valence-corrected chi connectivity index (χ2v) is 4.39. The number of nitrogens with zero attached hydrogens (tertiary/aromatic N) is 2. The van der Waals surface area contributed by atoms with Crippen LogP contribution in [0, 0.1) is 5.92 Å². The summed E-state index contributed by atoms with van der Waals surface area (Å²) < 4.78 is 4.90. The van der Waals surface area contributed by atoms with Gasteiger partial charge in [-0.1, -0.05) is 0 Å². The lowest BCUT2D eigenvalue weighted by molar-refractivity contribution is -0.117. The average Bonchev–Trinajstić information content (AvgIpc) is 2.94. The van der Waals surface area contributed by atoms with Crippen molar-refractivity contribution in [3.05, 3.63) is 11.9 Å². The van der Waals surface area contributed by atoms with E-state index in [0.29, 0.717) is 24.5 Å². The molecule has 1 aliphatic heterocycles. The molecule has 1 aromatic heterocycles. The van der Waals surface area contributed by atoms with Gasteiger partial charge in [0.25, 0.3) is 0 Å². The van der Waals surface area contributed by atoms with Gasteiger partial charge in [0.05, 0.1) is 18.5 Å². The molecule has 0 bridgehead atoms. The van der Waals surface area contributed by atoms with Crippen molar-refractivity contribution in [1.29, 1.82) is 0 Å². The van der Waals surface area contributed by atoms with E-state index in [1.54, 1.807) is 6.92 Å². The highest BCUT2D eigenvalue weighted by Crippen LogP contribution is 2.27. The molecule has 98 valence electrons. The maximum atomic E-state index is 11.8. The maximum absolute atomic E-state index is 11.8. The van der Waals surface area contributed by atoms with Crippen molar-refractivity contribution in [3.8, 4) is 0 Å². The number of carbonyl (C=O) groups is 2. The van der Waals surface area contributed by atoms with Crippen LogP contribution in [0.5, 0.6) is 0 Å². The van der Waals surface area contributed by atoms with E-state index < -0.39 is 5.97 Å². The molecule has 0 spiro atoms. The fraction of sp³-hybridized carbons (Fsp3) is 0.545. The molecular formula is C11H14ClN3O3. The number of nitrogens with one attached hydrogen (secondary N) is 1. The monoisotopic (exact) mass is 271 g/mol. The molecule has 2 rings (SSSR count). The summed E-state index contributed by atoms with van der Waals surface area (Å²) in [5, 5.41) is 6.37. The molecule has 1 saturated heterocycles.